The number of rotatable bonds is 2. The van der Waals surface area contributed by atoms with E-state index in [-0.39, 0.29) is 0 Å². The fourth-order valence-electron chi connectivity index (χ4n) is 2.42. The van der Waals surface area contributed by atoms with Gasteiger partial charge in [0.05, 0.1) is 0 Å². The molecule has 0 aromatic heterocycles. The zero-order valence-corrected chi connectivity index (χ0v) is 9.48. The van der Waals surface area contributed by atoms with Crippen molar-refractivity contribution in [3.63, 3.8) is 0 Å². The maximum atomic E-state index is 3.47. The van der Waals surface area contributed by atoms with Crippen molar-refractivity contribution in [1.29, 1.82) is 0 Å². The lowest BCUT2D eigenvalue weighted by atomic mass is 9.73. The van der Waals surface area contributed by atoms with Gasteiger partial charge in [0, 0.05) is 5.54 Å². The van der Waals surface area contributed by atoms with Crippen LogP contribution in [-0.4, -0.2) is 12.6 Å². The number of hydrogen-bond donors (Lipinski definition) is 1. The van der Waals surface area contributed by atoms with Gasteiger partial charge >= 0.3 is 0 Å². The van der Waals surface area contributed by atoms with Crippen LogP contribution in [0.4, 0.5) is 0 Å². The SMILES string of the molecule is CC=C1CC(CC)CC(C)(NC)C1. The van der Waals surface area contributed by atoms with Crippen LogP contribution in [0.3, 0.4) is 0 Å². The van der Waals surface area contributed by atoms with E-state index < -0.39 is 0 Å². The zero-order valence-electron chi connectivity index (χ0n) is 9.48. The van der Waals surface area contributed by atoms with Crippen molar-refractivity contribution >= 4 is 0 Å². The topological polar surface area (TPSA) is 12.0 Å². The van der Waals surface area contributed by atoms with Crippen LogP contribution in [0.25, 0.3) is 0 Å². The van der Waals surface area contributed by atoms with Crippen molar-refractivity contribution in [2.45, 2.75) is 52.0 Å². The Labute approximate surface area is 82.6 Å². The second-order valence-electron chi connectivity index (χ2n) is 4.62. The third-order valence-electron chi connectivity index (χ3n) is 3.50. The molecule has 1 heteroatoms. The lowest BCUT2D eigenvalue weighted by Gasteiger charge is -2.39. The van der Waals surface area contributed by atoms with E-state index in [1.807, 2.05) is 0 Å². The van der Waals surface area contributed by atoms with Crippen molar-refractivity contribution in [2.24, 2.45) is 5.92 Å². The monoisotopic (exact) mass is 181 g/mol. The van der Waals surface area contributed by atoms with Crippen molar-refractivity contribution in [3.8, 4) is 0 Å². The van der Waals surface area contributed by atoms with Gasteiger partial charge in [-0.3, -0.25) is 0 Å². The Balaban J connectivity index is 2.70. The first-order valence-electron chi connectivity index (χ1n) is 5.46. The summed E-state index contributed by atoms with van der Waals surface area (Å²) in [5, 5.41) is 3.47. The first-order valence-corrected chi connectivity index (χ1v) is 5.46. The van der Waals surface area contributed by atoms with E-state index in [2.05, 4.69) is 39.2 Å². The molecule has 0 amide bonds. The van der Waals surface area contributed by atoms with Gasteiger partial charge in [-0.2, -0.15) is 0 Å². The van der Waals surface area contributed by atoms with Gasteiger partial charge in [-0.1, -0.05) is 25.0 Å². The number of allylic oxidation sites excluding steroid dienone is 1. The van der Waals surface area contributed by atoms with Crippen molar-refractivity contribution in [1.82, 2.24) is 5.32 Å². The minimum Gasteiger partial charge on any atom is -0.314 e. The molecule has 0 aromatic rings. The molecule has 1 N–H and O–H groups in total. The maximum absolute atomic E-state index is 3.47. The predicted molar refractivity (Wildman–Crippen MR) is 58.9 cm³/mol. The Bertz CT molecular complexity index is 195. The van der Waals surface area contributed by atoms with Gasteiger partial charge in [0.25, 0.3) is 0 Å². The third-order valence-corrected chi connectivity index (χ3v) is 3.50. The lowest BCUT2D eigenvalue weighted by Crippen LogP contribution is -2.44. The molecule has 1 fully saturated rings. The second-order valence-corrected chi connectivity index (χ2v) is 4.62. The molecule has 0 heterocycles. The standard InChI is InChI=1S/C12H23N/c1-5-10-7-11(6-2)9-12(3,8-10)13-4/h5,11,13H,6-9H2,1-4H3. The summed E-state index contributed by atoms with van der Waals surface area (Å²) in [5.74, 6) is 0.886. The molecule has 1 saturated carbocycles. The smallest absolute Gasteiger partial charge is 0.0190 e. The van der Waals surface area contributed by atoms with Crippen molar-refractivity contribution in [2.75, 3.05) is 7.05 Å². The molecule has 2 unspecified atom stereocenters. The molecule has 0 saturated heterocycles. The highest BCUT2D eigenvalue weighted by atomic mass is 14.9. The van der Waals surface area contributed by atoms with E-state index in [1.54, 1.807) is 5.57 Å². The second kappa shape index (κ2) is 4.28. The molecule has 76 valence electrons. The van der Waals surface area contributed by atoms with Gasteiger partial charge in [-0.05, 0) is 46.1 Å². The first kappa shape index (κ1) is 10.8. The molecule has 2 atom stereocenters. The molecule has 1 nitrogen and oxygen atoms in total. The molecule has 1 aliphatic carbocycles. The van der Waals surface area contributed by atoms with Crippen LogP contribution in [0.2, 0.25) is 0 Å². The molecular weight excluding hydrogens is 158 g/mol. The Morgan fingerprint density at radius 2 is 2.31 bits per heavy atom. The minimum atomic E-state index is 0.348. The maximum Gasteiger partial charge on any atom is 0.0190 e. The molecule has 1 aliphatic rings. The molecule has 0 radical (unpaired) electrons. The van der Waals surface area contributed by atoms with Gasteiger partial charge in [0.1, 0.15) is 0 Å². The van der Waals surface area contributed by atoms with E-state index in [9.17, 15) is 0 Å². The van der Waals surface area contributed by atoms with Crippen LogP contribution in [0, 0.1) is 5.92 Å². The summed E-state index contributed by atoms with van der Waals surface area (Å²) in [4.78, 5) is 0. The van der Waals surface area contributed by atoms with Gasteiger partial charge < -0.3 is 5.32 Å². The summed E-state index contributed by atoms with van der Waals surface area (Å²) in [6, 6.07) is 0. The van der Waals surface area contributed by atoms with E-state index in [0.29, 0.717) is 5.54 Å². The normalized spacial score (nSPS) is 38.2. The Morgan fingerprint density at radius 3 is 2.77 bits per heavy atom. The first-order chi connectivity index (χ1) is 6.13. The van der Waals surface area contributed by atoms with Crippen LogP contribution in [0.1, 0.15) is 46.5 Å². The van der Waals surface area contributed by atoms with E-state index in [4.69, 9.17) is 0 Å². The lowest BCUT2D eigenvalue weighted by molar-refractivity contribution is 0.243. The van der Waals surface area contributed by atoms with Crippen molar-refractivity contribution < 1.29 is 0 Å². The summed E-state index contributed by atoms with van der Waals surface area (Å²) in [7, 11) is 2.09. The average Bonchev–Trinajstić information content (AvgIpc) is 2.17. The number of hydrogen-bond acceptors (Lipinski definition) is 1. The predicted octanol–water partition coefficient (Wildman–Crippen LogP) is 3.12. The minimum absolute atomic E-state index is 0.348. The van der Waals surface area contributed by atoms with Crippen LogP contribution in [0.15, 0.2) is 11.6 Å². The Morgan fingerprint density at radius 1 is 1.62 bits per heavy atom. The third kappa shape index (κ3) is 2.57. The molecule has 13 heavy (non-hydrogen) atoms. The van der Waals surface area contributed by atoms with Gasteiger partial charge in [-0.15, -0.1) is 0 Å². The fraction of sp³-hybridized carbons (Fsp3) is 0.833. The van der Waals surface area contributed by atoms with Gasteiger partial charge in [-0.25, -0.2) is 0 Å². The van der Waals surface area contributed by atoms with E-state index in [1.165, 1.54) is 25.7 Å². The largest absolute Gasteiger partial charge is 0.314 e. The zero-order chi connectivity index (χ0) is 9.90. The van der Waals surface area contributed by atoms with Crippen LogP contribution >= 0.6 is 0 Å². The molecular formula is C12H23N. The molecule has 1 rings (SSSR count). The highest BCUT2D eigenvalue weighted by Crippen LogP contribution is 2.36. The van der Waals surface area contributed by atoms with Crippen LogP contribution in [0.5, 0.6) is 0 Å². The Hall–Kier alpha value is -0.300. The highest BCUT2D eigenvalue weighted by molar-refractivity contribution is 5.12. The summed E-state index contributed by atoms with van der Waals surface area (Å²) >= 11 is 0. The molecule has 0 aromatic carbocycles. The Kier molecular flexibility index (Phi) is 3.55. The van der Waals surface area contributed by atoms with E-state index >= 15 is 0 Å². The average molecular weight is 181 g/mol. The summed E-state index contributed by atoms with van der Waals surface area (Å²) in [5.41, 5.74) is 1.98. The highest BCUT2D eigenvalue weighted by Gasteiger charge is 2.31. The number of nitrogens with one attached hydrogen (secondary N) is 1. The summed E-state index contributed by atoms with van der Waals surface area (Å²) in [6.45, 7) is 6.82. The molecule has 0 bridgehead atoms. The molecule has 0 aliphatic heterocycles. The quantitative estimate of drug-likeness (QED) is 0.645. The fourth-order valence-corrected chi connectivity index (χ4v) is 2.42. The summed E-state index contributed by atoms with van der Waals surface area (Å²) < 4.78 is 0. The van der Waals surface area contributed by atoms with Crippen molar-refractivity contribution in [3.05, 3.63) is 11.6 Å². The summed E-state index contributed by atoms with van der Waals surface area (Å²) in [6.07, 6.45) is 7.50. The molecule has 0 spiro atoms. The van der Waals surface area contributed by atoms with Crippen LogP contribution < -0.4 is 5.32 Å². The van der Waals surface area contributed by atoms with E-state index in [0.717, 1.165) is 5.92 Å². The van der Waals surface area contributed by atoms with Crippen LogP contribution in [-0.2, 0) is 0 Å². The van der Waals surface area contributed by atoms with Gasteiger partial charge in [0.15, 0.2) is 0 Å². The van der Waals surface area contributed by atoms with Gasteiger partial charge in [0.2, 0.25) is 0 Å².